The molecule has 0 fully saturated rings. The van der Waals surface area contributed by atoms with Crippen LogP contribution in [0.15, 0.2) is 24.5 Å². The lowest BCUT2D eigenvalue weighted by Gasteiger charge is -2.10. The lowest BCUT2D eigenvalue weighted by Crippen LogP contribution is -2.31. The maximum atomic E-state index is 6.00. The Morgan fingerprint density at radius 1 is 1.33 bits per heavy atom. The van der Waals surface area contributed by atoms with Gasteiger partial charge in [-0.2, -0.15) is 5.10 Å². The third kappa shape index (κ3) is 2.54. The van der Waals surface area contributed by atoms with E-state index in [0.717, 1.165) is 36.7 Å². The molecule has 1 aromatic heterocycles. The summed E-state index contributed by atoms with van der Waals surface area (Å²) in [7, 11) is 0. The lowest BCUT2D eigenvalue weighted by atomic mass is 10.1. The van der Waals surface area contributed by atoms with Crippen LogP contribution in [0, 0.1) is 0 Å². The highest BCUT2D eigenvalue weighted by Gasteiger charge is 2.20. The third-order valence-electron chi connectivity index (χ3n) is 3.36. The van der Waals surface area contributed by atoms with Gasteiger partial charge in [-0.3, -0.25) is 5.10 Å². The maximum Gasteiger partial charge on any atom is 0.137 e. The summed E-state index contributed by atoms with van der Waals surface area (Å²) in [5, 5.41) is 11.1. The van der Waals surface area contributed by atoms with Crippen molar-refractivity contribution < 1.29 is 0 Å². The van der Waals surface area contributed by atoms with Crippen molar-refractivity contribution >= 4 is 11.6 Å². The molecular formula is C13H15ClN4. The second kappa shape index (κ2) is 5.08. The van der Waals surface area contributed by atoms with Gasteiger partial charge in [0.05, 0.1) is 0 Å². The van der Waals surface area contributed by atoms with Gasteiger partial charge in [-0.15, -0.1) is 0 Å². The molecule has 1 aromatic carbocycles. The van der Waals surface area contributed by atoms with E-state index >= 15 is 0 Å². The molecule has 1 heterocycles. The molecule has 0 aliphatic heterocycles. The SMILES string of the molecule is Clc1ccc2c(c1)CC(NCCc1ncn[nH]1)C2. The van der Waals surface area contributed by atoms with Crippen LogP contribution in [0.5, 0.6) is 0 Å². The summed E-state index contributed by atoms with van der Waals surface area (Å²) in [6.07, 6.45) is 4.57. The van der Waals surface area contributed by atoms with Crippen LogP contribution in [0.4, 0.5) is 0 Å². The number of nitrogens with zero attached hydrogens (tertiary/aromatic N) is 2. The molecule has 94 valence electrons. The van der Waals surface area contributed by atoms with Gasteiger partial charge in [-0.25, -0.2) is 4.98 Å². The summed E-state index contributed by atoms with van der Waals surface area (Å²) in [6, 6.07) is 6.70. The zero-order valence-electron chi connectivity index (χ0n) is 9.99. The van der Waals surface area contributed by atoms with E-state index in [2.05, 4.69) is 32.6 Å². The highest BCUT2D eigenvalue weighted by molar-refractivity contribution is 6.30. The first-order valence-corrected chi connectivity index (χ1v) is 6.54. The van der Waals surface area contributed by atoms with E-state index in [-0.39, 0.29) is 0 Å². The Bertz CT molecular complexity index is 524. The largest absolute Gasteiger partial charge is 0.313 e. The molecule has 0 bridgehead atoms. The van der Waals surface area contributed by atoms with Gasteiger partial charge in [-0.05, 0) is 36.1 Å². The molecular weight excluding hydrogens is 248 g/mol. The van der Waals surface area contributed by atoms with Gasteiger partial charge in [0.15, 0.2) is 0 Å². The van der Waals surface area contributed by atoms with E-state index in [1.165, 1.54) is 11.1 Å². The molecule has 2 N–H and O–H groups in total. The molecule has 4 nitrogen and oxygen atoms in total. The second-order valence-corrected chi connectivity index (χ2v) is 5.09. The molecule has 1 aliphatic rings. The maximum absolute atomic E-state index is 6.00. The van der Waals surface area contributed by atoms with E-state index < -0.39 is 0 Å². The van der Waals surface area contributed by atoms with Crippen molar-refractivity contribution in [3.63, 3.8) is 0 Å². The van der Waals surface area contributed by atoms with Gasteiger partial charge >= 0.3 is 0 Å². The quantitative estimate of drug-likeness (QED) is 0.883. The predicted molar refractivity (Wildman–Crippen MR) is 70.7 cm³/mol. The van der Waals surface area contributed by atoms with Gasteiger partial charge in [0.25, 0.3) is 0 Å². The molecule has 0 spiro atoms. The van der Waals surface area contributed by atoms with E-state index in [9.17, 15) is 0 Å². The van der Waals surface area contributed by atoms with Crippen LogP contribution < -0.4 is 5.32 Å². The Kier molecular flexibility index (Phi) is 3.30. The summed E-state index contributed by atoms with van der Waals surface area (Å²) in [5.74, 6) is 0.932. The minimum Gasteiger partial charge on any atom is -0.313 e. The first-order chi connectivity index (χ1) is 8.81. The number of hydrogen-bond donors (Lipinski definition) is 2. The number of halogens is 1. The van der Waals surface area contributed by atoms with Gasteiger partial charge in [-0.1, -0.05) is 17.7 Å². The van der Waals surface area contributed by atoms with Crippen LogP contribution in [0.2, 0.25) is 5.02 Å². The van der Waals surface area contributed by atoms with E-state index in [1.54, 1.807) is 6.33 Å². The van der Waals surface area contributed by atoms with Crippen molar-refractivity contribution in [3.8, 4) is 0 Å². The van der Waals surface area contributed by atoms with E-state index in [4.69, 9.17) is 11.6 Å². The summed E-state index contributed by atoms with van der Waals surface area (Å²) >= 11 is 6.00. The van der Waals surface area contributed by atoms with Gasteiger partial charge in [0, 0.05) is 24.0 Å². The second-order valence-electron chi connectivity index (χ2n) is 4.65. The highest BCUT2D eigenvalue weighted by atomic mass is 35.5. The zero-order chi connectivity index (χ0) is 12.4. The third-order valence-corrected chi connectivity index (χ3v) is 3.60. The summed E-state index contributed by atoms with van der Waals surface area (Å²) in [4.78, 5) is 4.11. The Labute approximate surface area is 111 Å². The fourth-order valence-electron chi connectivity index (χ4n) is 2.48. The number of fused-ring (bicyclic) bond motifs is 1. The first kappa shape index (κ1) is 11.7. The van der Waals surface area contributed by atoms with Crippen LogP contribution in [-0.2, 0) is 19.3 Å². The zero-order valence-corrected chi connectivity index (χ0v) is 10.7. The molecule has 0 saturated carbocycles. The molecule has 0 saturated heterocycles. The molecule has 1 aliphatic carbocycles. The van der Waals surface area contributed by atoms with Crippen molar-refractivity contribution in [1.29, 1.82) is 0 Å². The standard InChI is InChI=1S/C13H15ClN4/c14-11-2-1-9-6-12(7-10(9)5-11)15-4-3-13-16-8-17-18-13/h1-2,5,8,12,15H,3-4,6-7H2,(H,16,17,18). The fraction of sp³-hybridized carbons (Fsp3) is 0.385. The molecule has 0 radical (unpaired) electrons. The molecule has 2 aromatic rings. The van der Waals surface area contributed by atoms with Crippen molar-refractivity contribution in [1.82, 2.24) is 20.5 Å². The normalized spacial score (nSPS) is 17.9. The van der Waals surface area contributed by atoms with Crippen LogP contribution in [0.3, 0.4) is 0 Å². The van der Waals surface area contributed by atoms with Gasteiger partial charge in [0.1, 0.15) is 12.2 Å². The number of aromatic amines is 1. The molecule has 1 unspecified atom stereocenters. The fourth-order valence-corrected chi connectivity index (χ4v) is 2.67. The minimum atomic E-state index is 0.515. The van der Waals surface area contributed by atoms with Crippen LogP contribution in [0.25, 0.3) is 0 Å². The van der Waals surface area contributed by atoms with Crippen LogP contribution >= 0.6 is 11.6 Å². The summed E-state index contributed by atoms with van der Waals surface area (Å²) in [5.41, 5.74) is 2.79. The average Bonchev–Trinajstić information content (AvgIpc) is 2.97. The Morgan fingerprint density at radius 2 is 2.22 bits per heavy atom. The van der Waals surface area contributed by atoms with Crippen LogP contribution in [-0.4, -0.2) is 27.8 Å². The first-order valence-electron chi connectivity index (χ1n) is 6.16. The highest BCUT2D eigenvalue weighted by Crippen LogP contribution is 2.25. The van der Waals surface area contributed by atoms with Crippen molar-refractivity contribution in [2.75, 3.05) is 6.54 Å². The van der Waals surface area contributed by atoms with Crippen molar-refractivity contribution in [2.24, 2.45) is 0 Å². The van der Waals surface area contributed by atoms with Crippen LogP contribution in [0.1, 0.15) is 17.0 Å². The van der Waals surface area contributed by atoms with Crippen molar-refractivity contribution in [3.05, 3.63) is 46.5 Å². The smallest absolute Gasteiger partial charge is 0.137 e. The van der Waals surface area contributed by atoms with Crippen molar-refractivity contribution in [2.45, 2.75) is 25.3 Å². The van der Waals surface area contributed by atoms with Gasteiger partial charge in [0.2, 0.25) is 0 Å². The number of rotatable bonds is 4. The van der Waals surface area contributed by atoms with Gasteiger partial charge < -0.3 is 5.32 Å². The van der Waals surface area contributed by atoms with E-state index in [1.807, 2.05) is 6.07 Å². The number of aromatic nitrogens is 3. The Balaban J connectivity index is 1.52. The lowest BCUT2D eigenvalue weighted by molar-refractivity contribution is 0.532. The number of benzene rings is 1. The minimum absolute atomic E-state index is 0.515. The van der Waals surface area contributed by atoms with E-state index in [0.29, 0.717) is 6.04 Å². The average molecular weight is 263 g/mol. The number of H-pyrrole nitrogens is 1. The molecule has 0 amide bonds. The molecule has 5 heteroatoms. The molecule has 18 heavy (non-hydrogen) atoms. The summed E-state index contributed by atoms with van der Waals surface area (Å²) in [6.45, 7) is 0.918. The Morgan fingerprint density at radius 3 is 3.06 bits per heavy atom. The predicted octanol–water partition coefficient (Wildman–Crippen LogP) is 1.76. The molecule has 3 rings (SSSR count). The summed E-state index contributed by atoms with van der Waals surface area (Å²) < 4.78 is 0. The Hall–Kier alpha value is -1.39. The number of nitrogens with one attached hydrogen (secondary N) is 2. The monoisotopic (exact) mass is 262 g/mol. The topological polar surface area (TPSA) is 53.6 Å². The number of hydrogen-bond acceptors (Lipinski definition) is 3. The molecule has 1 atom stereocenters.